The van der Waals surface area contributed by atoms with Crippen molar-refractivity contribution in [3.8, 4) is 0 Å². The summed E-state index contributed by atoms with van der Waals surface area (Å²) in [7, 11) is 0. The molecule has 2 aliphatic rings. The molecule has 2 heterocycles. The average Bonchev–Trinajstić information content (AvgIpc) is 2.27. The van der Waals surface area contributed by atoms with Crippen molar-refractivity contribution in [3.63, 3.8) is 0 Å². The van der Waals surface area contributed by atoms with E-state index in [2.05, 4.69) is 0 Å². The van der Waals surface area contributed by atoms with E-state index in [1.165, 1.54) is 23.5 Å². The molecule has 0 bridgehead atoms. The van der Waals surface area contributed by atoms with Gasteiger partial charge in [-0.2, -0.15) is 0 Å². The number of hydrogen-bond donors (Lipinski definition) is 0. The minimum Gasteiger partial charge on any atom is -0.298 e. The van der Waals surface area contributed by atoms with Crippen LogP contribution in [0.5, 0.6) is 0 Å². The van der Waals surface area contributed by atoms with E-state index < -0.39 is 11.8 Å². The third-order valence-electron chi connectivity index (χ3n) is 3.00. The maximum absolute atomic E-state index is 11.6. The van der Waals surface area contributed by atoms with E-state index in [-0.39, 0.29) is 29.6 Å². The van der Waals surface area contributed by atoms with Crippen LogP contribution in [-0.4, -0.2) is 46.1 Å². The maximum Gasteiger partial charge on any atom is 0.153 e. The number of carbonyl (C=O) groups excluding carboxylic acids is 4. The van der Waals surface area contributed by atoms with Crippen LogP contribution in [0.4, 0.5) is 0 Å². The highest BCUT2D eigenvalue weighted by molar-refractivity contribution is 8.01. The number of ketones is 4. The Morgan fingerprint density at radius 3 is 1.29 bits per heavy atom. The molecule has 0 saturated carbocycles. The number of thioether (sulfide) groups is 2. The molecule has 4 nitrogen and oxygen atoms in total. The van der Waals surface area contributed by atoms with Gasteiger partial charge in [0.05, 0.1) is 34.8 Å². The number of Topliss-reactive ketones (excluding diaryl/α,β-unsaturated/α-hetero) is 4. The summed E-state index contributed by atoms with van der Waals surface area (Å²) in [5.41, 5.74) is 0. The minimum atomic E-state index is -0.725. The minimum absolute atomic E-state index is 0.108. The highest BCUT2D eigenvalue weighted by atomic mass is 32.2. The van der Waals surface area contributed by atoms with Crippen molar-refractivity contribution in [2.24, 2.45) is 11.8 Å². The fraction of sp³-hybridized carbons (Fsp3) is 0.636. The predicted molar refractivity (Wildman–Crippen MR) is 66.3 cm³/mol. The van der Waals surface area contributed by atoms with Crippen LogP contribution in [0, 0.1) is 11.8 Å². The Morgan fingerprint density at radius 1 is 0.706 bits per heavy atom. The van der Waals surface area contributed by atoms with Crippen LogP contribution in [0.2, 0.25) is 0 Å². The number of hydrogen-bond acceptors (Lipinski definition) is 6. The molecule has 0 spiro atoms. The second-order valence-corrected chi connectivity index (χ2v) is 6.16. The van der Waals surface area contributed by atoms with Gasteiger partial charge in [0.25, 0.3) is 0 Å². The molecule has 2 aliphatic heterocycles. The van der Waals surface area contributed by atoms with Crippen molar-refractivity contribution in [1.29, 1.82) is 0 Å². The summed E-state index contributed by atoms with van der Waals surface area (Å²) in [6.07, 6.45) is 0.108. The zero-order valence-electron chi connectivity index (χ0n) is 9.14. The molecule has 0 aromatic heterocycles. The second-order valence-electron chi connectivity index (χ2n) is 4.19. The molecule has 0 radical (unpaired) electrons. The van der Waals surface area contributed by atoms with Crippen LogP contribution in [0.25, 0.3) is 0 Å². The molecule has 2 saturated heterocycles. The summed E-state index contributed by atoms with van der Waals surface area (Å²) in [6, 6.07) is 0. The van der Waals surface area contributed by atoms with Gasteiger partial charge >= 0.3 is 0 Å². The smallest absolute Gasteiger partial charge is 0.153 e. The Bertz CT molecular complexity index is 323. The molecule has 17 heavy (non-hydrogen) atoms. The second kappa shape index (κ2) is 5.35. The molecule has 6 heteroatoms. The Hall–Kier alpha value is -0.620. The maximum atomic E-state index is 11.6. The van der Waals surface area contributed by atoms with Crippen molar-refractivity contribution in [1.82, 2.24) is 0 Å². The van der Waals surface area contributed by atoms with Gasteiger partial charge in [-0.3, -0.25) is 19.2 Å². The average molecular weight is 272 g/mol. The summed E-state index contributed by atoms with van der Waals surface area (Å²) >= 11 is 2.61. The molecule has 0 aromatic carbocycles. The summed E-state index contributed by atoms with van der Waals surface area (Å²) in [5.74, 6) is -0.707. The zero-order chi connectivity index (χ0) is 12.4. The summed E-state index contributed by atoms with van der Waals surface area (Å²) in [5, 5.41) is 0. The highest BCUT2D eigenvalue weighted by Crippen LogP contribution is 2.27. The molecule has 2 fully saturated rings. The molecule has 0 aromatic rings. The Labute approximate surface area is 107 Å². The molecule has 0 aliphatic carbocycles. The fourth-order valence-electron chi connectivity index (χ4n) is 2.03. The van der Waals surface area contributed by atoms with Crippen molar-refractivity contribution >= 4 is 46.7 Å². The van der Waals surface area contributed by atoms with Gasteiger partial charge in [-0.05, 0) is 6.42 Å². The zero-order valence-corrected chi connectivity index (χ0v) is 10.8. The van der Waals surface area contributed by atoms with E-state index in [1.54, 1.807) is 0 Å². The van der Waals surface area contributed by atoms with E-state index in [0.717, 1.165) is 0 Å². The van der Waals surface area contributed by atoms with E-state index in [1.807, 2.05) is 0 Å². The first-order chi connectivity index (χ1) is 8.09. The van der Waals surface area contributed by atoms with E-state index in [0.29, 0.717) is 23.0 Å². The third kappa shape index (κ3) is 2.80. The third-order valence-corrected chi connectivity index (χ3v) is 4.96. The monoisotopic (exact) mass is 272 g/mol. The van der Waals surface area contributed by atoms with Crippen molar-refractivity contribution < 1.29 is 19.2 Å². The first kappa shape index (κ1) is 12.8. The fourth-order valence-corrected chi connectivity index (χ4v) is 3.84. The highest BCUT2D eigenvalue weighted by Gasteiger charge is 2.38. The predicted octanol–water partition coefficient (Wildman–Crippen LogP) is 0.379. The molecular weight excluding hydrogens is 260 g/mol. The Balaban J connectivity index is 2.08. The van der Waals surface area contributed by atoms with Gasteiger partial charge in [0, 0.05) is 0 Å². The van der Waals surface area contributed by atoms with Crippen molar-refractivity contribution in [3.05, 3.63) is 0 Å². The number of rotatable bonds is 2. The van der Waals surface area contributed by atoms with Gasteiger partial charge in [0.15, 0.2) is 23.1 Å². The van der Waals surface area contributed by atoms with Gasteiger partial charge in [-0.1, -0.05) is 0 Å². The van der Waals surface area contributed by atoms with Gasteiger partial charge < -0.3 is 0 Å². The molecule has 0 N–H and O–H groups in total. The first-order valence-electron chi connectivity index (χ1n) is 5.36. The van der Waals surface area contributed by atoms with Gasteiger partial charge in [0.1, 0.15) is 0 Å². The molecular formula is C11H12O4S2. The Kier molecular flexibility index (Phi) is 4.04. The lowest BCUT2D eigenvalue weighted by Crippen LogP contribution is -2.39. The van der Waals surface area contributed by atoms with Crippen LogP contribution in [0.3, 0.4) is 0 Å². The molecule has 0 unspecified atom stereocenters. The summed E-state index contributed by atoms with van der Waals surface area (Å²) < 4.78 is 0. The number of carbonyl (C=O) groups is 4. The lowest BCUT2D eigenvalue weighted by molar-refractivity contribution is -0.134. The SMILES string of the molecule is O=C1CSCC(=O)C1CC1C(=O)CSCC1=O. The van der Waals surface area contributed by atoms with Gasteiger partial charge in [-0.25, -0.2) is 0 Å². The molecule has 92 valence electrons. The van der Waals surface area contributed by atoms with Crippen molar-refractivity contribution in [2.75, 3.05) is 23.0 Å². The molecule has 0 atom stereocenters. The van der Waals surface area contributed by atoms with Crippen LogP contribution in [0.15, 0.2) is 0 Å². The lowest BCUT2D eigenvalue weighted by Gasteiger charge is -2.25. The van der Waals surface area contributed by atoms with Crippen molar-refractivity contribution in [2.45, 2.75) is 6.42 Å². The quantitative estimate of drug-likeness (QED) is 0.677. The van der Waals surface area contributed by atoms with E-state index >= 15 is 0 Å². The molecule has 0 amide bonds. The first-order valence-corrected chi connectivity index (χ1v) is 7.67. The van der Waals surface area contributed by atoms with E-state index in [9.17, 15) is 19.2 Å². The van der Waals surface area contributed by atoms with Crippen LogP contribution < -0.4 is 0 Å². The van der Waals surface area contributed by atoms with Gasteiger partial charge in [0.2, 0.25) is 0 Å². The van der Waals surface area contributed by atoms with Crippen LogP contribution in [0.1, 0.15) is 6.42 Å². The van der Waals surface area contributed by atoms with Gasteiger partial charge in [-0.15, -0.1) is 23.5 Å². The summed E-state index contributed by atoms with van der Waals surface area (Å²) in [4.78, 5) is 46.5. The normalized spacial score (nSPS) is 24.5. The Morgan fingerprint density at radius 2 is 1.00 bits per heavy atom. The largest absolute Gasteiger partial charge is 0.298 e. The van der Waals surface area contributed by atoms with Crippen LogP contribution in [-0.2, 0) is 19.2 Å². The standard InChI is InChI=1S/C11H12O4S2/c12-8-2-16-3-9(13)6(8)1-7-10(14)4-17-5-11(7)15/h6-7H,1-5H2. The van der Waals surface area contributed by atoms with E-state index in [4.69, 9.17) is 0 Å². The lowest BCUT2D eigenvalue weighted by atomic mass is 9.84. The summed E-state index contributed by atoms with van der Waals surface area (Å²) in [6.45, 7) is 0. The van der Waals surface area contributed by atoms with Crippen LogP contribution >= 0.6 is 23.5 Å². The molecule has 2 rings (SSSR count). The topological polar surface area (TPSA) is 68.3 Å².